The van der Waals surface area contributed by atoms with Crippen LogP contribution in [0, 0.1) is 17.1 Å². The van der Waals surface area contributed by atoms with Gasteiger partial charge in [0.1, 0.15) is 23.3 Å². The lowest BCUT2D eigenvalue weighted by Gasteiger charge is -2.04. The van der Waals surface area contributed by atoms with E-state index in [4.69, 9.17) is 5.73 Å². The largest absolute Gasteiger partial charge is 0.382 e. The summed E-state index contributed by atoms with van der Waals surface area (Å²) >= 11 is 0. The maximum Gasteiger partial charge on any atom is 0.224 e. The number of rotatable bonds is 7. The van der Waals surface area contributed by atoms with Crippen LogP contribution in [-0.2, 0) is 17.6 Å². The lowest BCUT2D eigenvalue weighted by atomic mass is 10.1. The number of nitrogens with one attached hydrogen (secondary N) is 2. The summed E-state index contributed by atoms with van der Waals surface area (Å²) in [5.41, 5.74) is 9.45. The van der Waals surface area contributed by atoms with Crippen LogP contribution in [0.15, 0.2) is 54.7 Å². The van der Waals surface area contributed by atoms with Crippen LogP contribution in [0.3, 0.4) is 0 Å². The zero-order chi connectivity index (χ0) is 21.8. The number of para-hydroxylation sites is 1. The molecule has 0 aliphatic rings. The lowest BCUT2D eigenvalue weighted by molar-refractivity contribution is -0.120. The third kappa shape index (κ3) is 4.26. The smallest absolute Gasteiger partial charge is 0.224 e. The molecule has 2 aromatic carbocycles. The van der Waals surface area contributed by atoms with Gasteiger partial charge in [-0.05, 0) is 48.7 Å². The minimum atomic E-state index is -0.362. The molecule has 7 nitrogen and oxygen atoms in total. The minimum Gasteiger partial charge on any atom is -0.382 e. The van der Waals surface area contributed by atoms with E-state index in [1.54, 1.807) is 12.1 Å². The molecule has 0 bridgehead atoms. The normalized spacial score (nSPS) is 10.8. The molecular weight excluding hydrogens is 395 g/mol. The van der Waals surface area contributed by atoms with Gasteiger partial charge >= 0.3 is 0 Å². The molecule has 0 radical (unpaired) electrons. The standard InChI is InChI=1S/C23H21FN6O/c24-16-7-9-17(10-8-16)30-23(26)19(13-25)21(29-30)6-3-11-27-22(31)12-15-14-28-20-5-2-1-4-18(15)20/h1-2,4-5,7-10,14,28H,3,6,11-12,26H2,(H,27,31). The Morgan fingerprint density at radius 3 is 2.77 bits per heavy atom. The zero-order valence-corrected chi connectivity index (χ0v) is 16.7. The van der Waals surface area contributed by atoms with E-state index in [-0.39, 0.29) is 17.5 Å². The third-order valence-electron chi connectivity index (χ3n) is 5.12. The summed E-state index contributed by atoms with van der Waals surface area (Å²) in [5, 5.41) is 17.8. The molecule has 4 aromatic rings. The number of nitrogens with two attached hydrogens (primary N) is 1. The predicted molar refractivity (Wildman–Crippen MR) is 116 cm³/mol. The molecule has 0 saturated carbocycles. The molecule has 0 unspecified atom stereocenters. The van der Waals surface area contributed by atoms with Gasteiger partial charge in [-0.3, -0.25) is 4.79 Å². The second-order valence-electron chi connectivity index (χ2n) is 7.20. The second-order valence-corrected chi connectivity index (χ2v) is 7.20. The molecule has 0 atom stereocenters. The monoisotopic (exact) mass is 416 g/mol. The van der Waals surface area contributed by atoms with Crippen LogP contribution in [0.4, 0.5) is 10.2 Å². The van der Waals surface area contributed by atoms with E-state index in [0.29, 0.717) is 42.8 Å². The molecular formula is C23H21FN6O. The van der Waals surface area contributed by atoms with Crippen LogP contribution in [0.2, 0.25) is 0 Å². The number of carbonyl (C=O) groups is 1. The first kappa shape index (κ1) is 20.2. The van der Waals surface area contributed by atoms with Crippen molar-refractivity contribution in [3.63, 3.8) is 0 Å². The fourth-order valence-electron chi connectivity index (χ4n) is 3.55. The molecule has 0 fully saturated rings. The first-order valence-electron chi connectivity index (χ1n) is 9.92. The van der Waals surface area contributed by atoms with Crippen LogP contribution >= 0.6 is 0 Å². The van der Waals surface area contributed by atoms with Crippen molar-refractivity contribution in [3.05, 3.63) is 77.4 Å². The van der Waals surface area contributed by atoms with Crippen LogP contribution in [0.25, 0.3) is 16.6 Å². The highest BCUT2D eigenvalue weighted by atomic mass is 19.1. The number of aromatic amines is 1. The van der Waals surface area contributed by atoms with Crippen molar-refractivity contribution in [1.82, 2.24) is 20.1 Å². The fraction of sp³-hybridized carbons (Fsp3) is 0.174. The molecule has 8 heteroatoms. The number of benzene rings is 2. The van der Waals surface area contributed by atoms with Crippen molar-refractivity contribution >= 4 is 22.6 Å². The average Bonchev–Trinajstić information content (AvgIpc) is 3.32. The number of halogens is 1. The van der Waals surface area contributed by atoms with Crippen molar-refractivity contribution < 1.29 is 9.18 Å². The predicted octanol–water partition coefficient (Wildman–Crippen LogP) is 3.24. The minimum absolute atomic E-state index is 0.0679. The Bertz CT molecular complexity index is 1270. The summed E-state index contributed by atoms with van der Waals surface area (Å²) in [4.78, 5) is 15.5. The fourth-order valence-corrected chi connectivity index (χ4v) is 3.55. The van der Waals surface area contributed by atoms with Gasteiger partial charge in [0.15, 0.2) is 0 Å². The molecule has 1 amide bonds. The van der Waals surface area contributed by atoms with E-state index >= 15 is 0 Å². The Morgan fingerprint density at radius 2 is 2.00 bits per heavy atom. The van der Waals surface area contributed by atoms with Crippen LogP contribution in [0.5, 0.6) is 0 Å². The molecule has 0 aliphatic carbocycles. The maximum absolute atomic E-state index is 13.2. The first-order valence-corrected chi connectivity index (χ1v) is 9.92. The number of nitriles is 1. The van der Waals surface area contributed by atoms with Crippen LogP contribution in [0.1, 0.15) is 23.2 Å². The summed E-state index contributed by atoms with van der Waals surface area (Å²) < 4.78 is 14.6. The molecule has 2 aromatic heterocycles. The summed E-state index contributed by atoms with van der Waals surface area (Å²) in [6.45, 7) is 0.454. The van der Waals surface area contributed by atoms with Crippen molar-refractivity contribution in [2.24, 2.45) is 0 Å². The van der Waals surface area contributed by atoms with Crippen molar-refractivity contribution in [1.29, 1.82) is 5.26 Å². The van der Waals surface area contributed by atoms with Crippen molar-refractivity contribution in [2.45, 2.75) is 19.3 Å². The van der Waals surface area contributed by atoms with Gasteiger partial charge in [0.25, 0.3) is 0 Å². The summed E-state index contributed by atoms with van der Waals surface area (Å²) in [6.07, 6.45) is 3.23. The Kier molecular flexibility index (Phi) is 5.67. The number of nitrogen functional groups attached to an aromatic ring is 1. The highest BCUT2D eigenvalue weighted by Gasteiger charge is 2.16. The van der Waals surface area contributed by atoms with Crippen LogP contribution < -0.4 is 11.1 Å². The number of fused-ring (bicyclic) bond motifs is 1. The Hall–Kier alpha value is -4.12. The summed E-state index contributed by atoms with van der Waals surface area (Å²) in [6, 6.07) is 15.7. The number of hydrogen-bond donors (Lipinski definition) is 3. The van der Waals surface area contributed by atoms with Gasteiger partial charge in [-0.2, -0.15) is 10.4 Å². The van der Waals surface area contributed by atoms with Gasteiger partial charge < -0.3 is 16.0 Å². The number of H-pyrrole nitrogens is 1. The van der Waals surface area contributed by atoms with Gasteiger partial charge in [0, 0.05) is 23.6 Å². The topological polar surface area (TPSA) is 113 Å². The number of carbonyl (C=O) groups excluding carboxylic acids is 1. The van der Waals surface area contributed by atoms with Crippen molar-refractivity contribution in [3.8, 4) is 11.8 Å². The van der Waals surface area contributed by atoms with E-state index in [0.717, 1.165) is 16.5 Å². The van der Waals surface area contributed by atoms with E-state index in [9.17, 15) is 14.4 Å². The van der Waals surface area contributed by atoms with E-state index < -0.39 is 0 Å². The molecule has 0 spiro atoms. The highest BCUT2D eigenvalue weighted by molar-refractivity contribution is 5.88. The van der Waals surface area contributed by atoms with Gasteiger partial charge in [0.2, 0.25) is 5.91 Å². The number of aryl methyl sites for hydroxylation is 1. The number of nitrogens with zero attached hydrogens (tertiary/aromatic N) is 3. The first-order chi connectivity index (χ1) is 15.1. The molecule has 4 rings (SSSR count). The summed E-state index contributed by atoms with van der Waals surface area (Å²) in [7, 11) is 0. The Balaban J connectivity index is 1.35. The summed E-state index contributed by atoms with van der Waals surface area (Å²) in [5.74, 6) is -0.215. The van der Waals surface area contributed by atoms with Gasteiger partial charge in [-0.15, -0.1) is 0 Å². The Morgan fingerprint density at radius 1 is 1.23 bits per heavy atom. The van der Waals surface area contributed by atoms with Gasteiger partial charge in [-0.25, -0.2) is 9.07 Å². The van der Waals surface area contributed by atoms with Crippen LogP contribution in [-0.4, -0.2) is 27.2 Å². The number of aromatic nitrogens is 3. The van der Waals surface area contributed by atoms with Crippen molar-refractivity contribution in [2.75, 3.05) is 12.3 Å². The quantitative estimate of drug-likeness (QED) is 0.402. The zero-order valence-electron chi connectivity index (χ0n) is 16.7. The highest BCUT2D eigenvalue weighted by Crippen LogP contribution is 2.22. The van der Waals surface area contributed by atoms with E-state index in [2.05, 4.69) is 21.5 Å². The average molecular weight is 416 g/mol. The van der Waals surface area contributed by atoms with E-state index in [1.165, 1.54) is 16.8 Å². The maximum atomic E-state index is 13.2. The van der Waals surface area contributed by atoms with E-state index in [1.807, 2.05) is 30.5 Å². The number of hydrogen-bond acceptors (Lipinski definition) is 4. The molecule has 156 valence electrons. The van der Waals surface area contributed by atoms with Gasteiger partial charge in [0.05, 0.1) is 17.8 Å². The molecule has 2 heterocycles. The number of amides is 1. The second kappa shape index (κ2) is 8.71. The SMILES string of the molecule is N#Cc1c(CCCNC(=O)Cc2c[nH]c3ccccc23)nn(-c2ccc(F)cc2)c1N. The molecule has 0 saturated heterocycles. The molecule has 31 heavy (non-hydrogen) atoms. The lowest BCUT2D eigenvalue weighted by Crippen LogP contribution is -2.26. The molecule has 0 aliphatic heterocycles. The molecule has 4 N–H and O–H groups in total. The number of anilines is 1. The Labute approximate surface area is 178 Å². The third-order valence-corrected chi connectivity index (χ3v) is 5.12. The van der Waals surface area contributed by atoms with Gasteiger partial charge in [-0.1, -0.05) is 18.2 Å².